The van der Waals surface area contributed by atoms with Gasteiger partial charge in [0.2, 0.25) is 0 Å². The molecule has 0 radical (unpaired) electrons. The van der Waals surface area contributed by atoms with Gasteiger partial charge in [0.05, 0.1) is 16.1 Å². The highest BCUT2D eigenvalue weighted by Gasteiger charge is 2.23. The van der Waals surface area contributed by atoms with Crippen LogP contribution in [0.4, 0.5) is 5.13 Å². The molecule has 0 saturated carbocycles. The van der Waals surface area contributed by atoms with E-state index < -0.39 is 0 Å². The van der Waals surface area contributed by atoms with E-state index in [2.05, 4.69) is 36.1 Å². The molecule has 31 heavy (non-hydrogen) atoms. The average Bonchev–Trinajstić information content (AvgIpc) is 3.25. The summed E-state index contributed by atoms with van der Waals surface area (Å²) >= 11 is 1.69. The van der Waals surface area contributed by atoms with Crippen molar-refractivity contribution in [3.8, 4) is 5.69 Å². The molecule has 158 valence electrons. The van der Waals surface area contributed by atoms with Crippen LogP contribution in [0.15, 0.2) is 54.6 Å². The molecule has 2 aromatic carbocycles. The number of thiazole rings is 1. The van der Waals surface area contributed by atoms with Crippen LogP contribution in [0.2, 0.25) is 0 Å². The van der Waals surface area contributed by atoms with Crippen LogP contribution in [0, 0.1) is 13.8 Å². The van der Waals surface area contributed by atoms with Crippen LogP contribution in [0.5, 0.6) is 0 Å². The van der Waals surface area contributed by atoms with E-state index >= 15 is 0 Å². The van der Waals surface area contributed by atoms with Gasteiger partial charge in [0.1, 0.15) is 0 Å². The second-order valence-corrected chi connectivity index (χ2v) is 8.96. The summed E-state index contributed by atoms with van der Waals surface area (Å²) in [5, 5.41) is 5.72. The van der Waals surface area contributed by atoms with Crippen LogP contribution in [-0.4, -0.2) is 51.8 Å². The highest BCUT2D eigenvalue weighted by atomic mass is 32.1. The van der Waals surface area contributed by atoms with E-state index in [0.29, 0.717) is 6.54 Å². The summed E-state index contributed by atoms with van der Waals surface area (Å²) < 4.78 is 3.06. The third kappa shape index (κ3) is 3.81. The van der Waals surface area contributed by atoms with Crippen LogP contribution < -0.4 is 4.90 Å². The standard InChI is InChI=1S/C24H25N5OS/c1-17-9-11-20(12-10-17)29-22-21(18(2)26-29)31-24(25-22)28-14-6-13-27(15-16-28)23(30)19-7-4-3-5-8-19/h3-5,7-12H,6,13-16H2,1-2H3. The Labute approximate surface area is 185 Å². The number of aromatic nitrogens is 3. The van der Waals surface area contributed by atoms with Gasteiger partial charge >= 0.3 is 0 Å². The highest BCUT2D eigenvalue weighted by Crippen LogP contribution is 2.33. The second-order valence-electron chi connectivity index (χ2n) is 7.98. The molecule has 0 unspecified atom stereocenters. The van der Waals surface area contributed by atoms with Gasteiger partial charge in [-0.15, -0.1) is 0 Å². The van der Waals surface area contributed by atoms with E-state index in [9.17, 15) is 4.79 Å². The minimum atomic E-state index is 0.109. The third-order valence-electron chi connectivity index (χ3n) is 5.73. The Kier molecular flexibility index (Phi) is 5.19. The predicted molar refractivity (Wildman–Crippen MR) is 125 cm³/mol. The number of aryl methyl sites for hydroxylation is 2. The fraction of sp³-hybridized carbons (Fsp3) is 0.292. The average molecular weight is 432 g/mol. The minimum absolute atomic E-state index is 0.109. The number of carbonyl (C=O) groups is 1. The quantitative estimate of drug-likeness (QED) is 0.481. The molecule has 6 nitrogen and oxygen atoms in total. The first-order valence-corrected chi connectivity index (χ1v) is 11.4. The van der Waals surface area contributed by atoms with E-state index in [1.54, 1.807) is 11.3 Å². The Morgan fingerprint density at radius 2 is 1.71 bits per heavy atom. The molecule has 0 aliphatic carbocycles. The van der Waals surface area contributed by atoms with Gasteiger partial charge in [-0.05, 0) is 44.5 Å². The van der Waals surface area contributed by atoms with E-state index in [4.69, 9.17) is 10.1 Å². The number of nitrogens with zero attached hydrogens (tertiary/aromatic N) is 5. The largest absolute Gasteiger partial charge is 0.346 e. The summed E-state index contributed by atoms with van der Waals surface area (Å²) in [6.07, 6.45) is 0.928. The van der Waals surface area contributed by atoms with E-state index in [1.165, 1.54) is 5.56 Å². The van der Waals surface area contributed by atoms with E-state index in [0.717, 1.165) is 58.5 Å². The molecule has 1 fully saturated rings. The minimum Gasteiger partial charge on any atom is -0.346 e. The summed E-state index contributed by atoms with van der Waals surface area (Å²) in [5.41, 5.74) is 4.90. The maximum absolute atomic E-state index is 12.8. The zero-order chi connectivity index (χ0) is 21.4. The summed E-state index contributed by atoms with van der Waals surface area (Å²) in [7, 11) is 0. The van der Waals surface area contributed by atoms with Crippen LogP contribution in [0.3, 0.4) is 0 Å². The maximum atomic E-state index is 12.8. The zero-order valence-electron chi connectivity index (χ0n) is 17.8. The molecule has 0 N–H and O–H groups in total. The van der Waals surface area contributed by atoms with Crippen LogP contribution in [-0.2, 0) is 0 Å². The summed E-state index contributed by atoms with van der Waals surface area (Å²) in [5.74, 6) is 0.109. The van der Waals surface area contributed by atoms with Crippen molar-refractivity contribution in [2.24, 2.45) is 0 Å². The second kappa shape index (κ2) is 8.15. The van der Waals surface area contributed by atoms with Crippen molar-refractivity contribution in [1.82, 2.24) is 19.7 Å². The maximum Gasteiger partial charge on any atom is 0.253 e. The number of anilines is 1. The number of fused-ring (bicyclic) bond motifs is 1. The number of amides is 1. The first-order valence-electron chi connectivity index (χ1n) is 10.6. The zero-order valence-corrected chi connectivity index (χ0v) is 18.6. The summed E-state index contributed by atoms with van der Waals surface area (Å²) in [6.45, 7) is 7.27. The Hall–Kier alpha value is -3.19. The third-order valence-corrected chi connectivity index (χ3v) is 6.94. The molecule has 4 aromatic rings. The van der Waals surface area contributed by atoms with Gasteiger partial charge in [-0.2, -0.15) is 10.1 Å². The van der Waals surface area contributed by atoms with Crippen LogP contribution >= 0.6 is 11.3 Å². The smallest absolute Gasteiger partial charge is 0.253 e. The van der Waals surface area contributed by atoms with Crippen LogP contribution in [0.25, 0.3) is 16.0 Å². The number of benzene rings is 2. The Balaban J connectivity index is 1.38. The van der Waals surface area contributed by atoms with Gasteiger partial charge in [-0.25, -0.2) is 4.68 Å². The van der Waals surface area contributed by atoms with E-state index in [1.807, 2.05) is 46.8 Å². The molecule has 0 bridgehead atoms. The van der Waals surface area contributed by atoms with Gasteiger partial charge in [0.15, 0.2) is 10.8 Å². The number of carbonyl (C=O) groups excluding carboxylic acids is 1. The Bertz CT molecular complexity index is 1210. The SMILES string of the molecule is Cc1ccc(-n2nc(C)c3sc(N4CCCN(C(=O)c5ccccc5)CC4)nc32)cc1. The fourth-order valence-electron chi connectivity index (χ4n) is 4.00. The normalized spacial score (nSPS) is 14.8. The monoisotopic (exact) mass is 431 g/mol. The van der Waals surface area contributed by atoms with Crippen molar-refractivity contribution in [1.29, 1.82) is 0 Å². The van der Waals surface area contributed by atoms with Gasteiger partial charge in [-0.1, -0.05) is 47.2 Å². The molecule has 5 rings (SSSR count). The first-order chi connectivity index (χ1) is 15.1. The molecule has 1 aliphatic heterocycles. The van der Waals surface area contributed by atoms with Crippen molar-refractivity contribution in [3.63, 3.8) is 0 Å². The molecule has 3 heterocycles. The highest BCUT2D eigenvalue weighted by molar-refractivity contribution is 7.22. The lowest BCUT2D eigenvalue weighted by Gasteiger charge is -2.21. The van der Waals surface area contributed by atoms with Crippen molar-refractivity contribution in [3.05, 3.63) is 71.4 Å². The molecule has 2 aromatic heterocycles. The lowest BCUT2D eigenvalue weighted by atomic mass is 10.2. The Morgan fingerprint density at radius 3 is 2.48 bits per heavy atom. The Morgan fingerprint density at radius 1 is 0.935 bits per heavy atom. The molecule has 7 heteroatoms. The van der Waals surface area contributed by atoms with Crippen molar-refractivity contribution < 1.29 is 4.79 Å². The van der Waals surface area contributed by atoms with Gasteiger partial charge in [0, 0.05) is 31.7 Å². The predicted octanol–water partition coefficient (Wildman–Crippen LogP) is 4.45. The fourth-order valence-corrected chi connectivity index (χ4v) is 5.04. The molecule has 1 aliphatic rings. The molecule has 0 spiro atoms. The lowest BCUT2D eigenvalue weighted by Crippen LogP contribution is -2.35. The molecular formula is C24H25N5OS. The first kappa shape index (κ1) is 19.8. The number of rotatable bonds is 3. The van der Waals surface area contributed by atoms with Crippen molar-refractivity contribution >= 4 is 32.7 Å². The number of hydrogen-bond acceptors (Lipinski definition) is 5. The summed E-state index contributed by atoms with van der Waals surface area (Å²) in [4.78, 5) is 22.1. The van der Waals surface area contributed by atoms with Gasteiger partial charge < -0.3 is 9.80 Å². The lowest BCUT2D eigenvalue weighted by molar-refractivity contribution is 0.0767. The molecular weight excluding hydrogens is 406 g/mol. The number of hydrogen-bond donors (Lipinski definition) is 0. The molecule has 1 amide bonds. The van der Waals surface area contributed by atoms with Crippen molar-refractivity contribution in [2.75, 3.05) is 31.1 Å². The molecule has 1 saturated heterocycles. The van der Waals surface area contributed by atoms with Gasteiger partial charge in [0.25, 0.3) is 5.91 Å². The van der Waals surface area contributed by atoms with Crippen LogP contribution in [0.1, 0.15) is 28.0 Å². The van der Waals surface area contributed by atoms with Crippen molar-refractivity contribution in [2.45, 2.75) is 20.3 Å². The topological polar surface area (TPSA) is 54.3 Å². The molecule has 0 atom stereocenters. The van der Waals surface area contributed by atoms with E-state index in [-0.39, 0.29) is 5.91 Å². The van der Waals surface area contributed by atoms with Gasteiger partial charge in [-0.3, -0.25) is 4.79 Å². The summed E-state index contributed by atoms with van der Waals surface area (Å²) in [6, 6.07) is 17.9.